The van der Waals surface area contributed by atoms with Gasteiger partial charge in [-0.25, -0.2) is 9.71 Å². The van der Waals surface area contributed by atoms with E-state index in [1.807, 2.05) is 17.5 Å². The molecule has 0 aliphatic carbocycles. The molecule has 114 valence electrons. The zero-order valence-corrected chi connectivity index (χ0v) is 13.5. The van der Waals surface area contributed by atoms with E-state index >= 15 is 0 Å². The molecule has 2 rings (SSSR count). The molecule has 0 aliphatic rings. The molecular formula is C13H18N4O2S2. The normalized spacial score (nSPS) is 11.8. The summed E-state index contributed by atoms with van der Waals surface area (Å²) in [4.78, 5) is 4.31. The number of nitrogens with one attached hydrogen (secondary N) is 1. The summed E-state index contributed by atoms with van der Waals surface area (Å²) in [6.07, 6.45) is 0. The molecule has 0 unspecified atom stereocenters. The largest absolute Gasteiger partial charge is 0.399 e. The Bertz CT molecular complexity index is 691. The molecule has 0 aliphatic heterocycles. The van der Waals surface area contributed by atoms with Crippen LogP contribution in [0.1, 0.15) is 13.8 Å². The molecule has 1 heterocycles. The van der Waals surface area contributed by atoms with Gasteiger partial charge in [0.15, 0.2) is 5.13 Å². The van der Waals surface area contributed by atoms with Crippen molar-refractivity contribution in [3.63, 3.8) is 0 Å². The van der Waals surface area contributed by atoms with E-state index in [9.17, 15) is 8.42 Å². The third-order valence-corrected chi connectivity index (χ3v) is 5.51. The highest BCUT2D eigenvalue weighted by atomic mass is 32.2. The fourth-order valence-electron chi connectivity index (χ4n) is 1.85. The van der Waals surface area contributed by atoms with Gasteiger partial charge in [0.05, 0.1) is 5.69 Å². The fraction of sp³-hybridized carbons (Fsp3) is 0.308. The quantitative estimate of drug-likeness (QED) is 0.798. The standard InChI is InChI=1S/C13H18N4O2S2/c1-3-17(4-2)21(18,19)16-13-15-12(9-20-13)10-5-7-11(14)8-6-10/h5-9H,3-4,14H2,1-2H3,(H,15,16). The minimum Gasteiger partial charge on any atom is -0.399 e. The lowest BCUT2D eigenvalue weighted by Crippen LogP contribution is -2.35. The number of rotatable bonds is 6. The average molecular weight is 326 g/mol. The van der Waals surface area contributed by atoms with Gasteiger partial charge in [-0.15, -0.1) is 11.3 Å². The molecule has 0 amide bonds. The number of thiazole rings is 1. The van der Waals surface area contributed by atoms with Crippen LogP contribution in [0, 0.1) is 0 Å². The van der Waals surface area contributed by atoms with Crippen LogP contribution < -0.4 is 10.5 Å². The molecule has 21 heavy (non-hydrogen) atoms. The van der Waals surface area contributed by atoms with Crippen LogP contribution >= 0.6 is 11.3 Å². The first kappa shape index (κ1) is 15.7. The number of nitrogens with zero attached hydrogens (tertiary/aromatic N) is 2. The molecule has 3 N–H and O–H groups in total. The molecule has 1 aromatic carbocycles. The van der Waals surface area contributed by atoms with Crippen molar-refractivity contribution >= 4 is 32.4 Å². The minimum absolute atomic E-state index is 0.355. The molecule has 1 aromatic heterocycles. The fourth-order valence-corrected chi connectivity index (χ4v) is 3.99. The maximum atomic E-state index is 12.1. The van der Waals surface area contributed by atoms with E-state index in [0.717, 1.165) is 11.3 Å². The maximum absolute atomic E-state index is 12.1. The molecule has 2 aromatic rings. The first-order valence-corrected chi connectivity index (χ1v) is 8.87. The third kappa shape index (κ3) is 3.72. The second kappa shape index (κ2) is 6.42. The molecule has 6 nitrogen and oxygen atoms in total. The van der Waals surface area contributed by atoms with E-state index in [4.69, 9.17) is 5.73 Å². The van der Waals surface area contributed by atoms with Crippen molar-refractivity contribution in [1.29, 1.82) is 0 Å². The van der Waals surface area contributed by atoms with Gasteiger partial charge >= 0.3 is 10.2 Å². The molecule has 0 atom stereocenters. The Morgan fingerprint density at radius 3 is 2.43 bits per heavy atom. The highest BCUT2D eigenvalue weighted by Crippen LogP contribution is 2.26. The summed E-state index contributed by atoms with van der Waals surface area (Å²) >= 11 is 1.25. The number of aromatic nitrogens is 1. The third-order valence-electron chi connectivity index (χ3n) is 2.97. The van der Waals surface area contributed by atoms with Gasteiger partial charge in [-0.2, -0.15) is 12.7 Å². The van der Waals surface area contributed by atoms with Crippen LogP contribution in [-0.2, 0) is 10.2 Å². The summed E-state index contributed by atoms with van der Waals surface area (Å²) < 4.78 is 28.1. The van der Waals surface area contributed by atoms with E-state index in [2.05, 4.69) is 9.71 Å². The molecule has 0 saturated heterocycles. The molecular weight excluding hydrogens is 308 g/mol. The highest BCUT2D eigenvalue weighted by Gasteiger charge is 2.20. The van der Waals surface area contributed by atoms with Gasteiger partial charge in [-0.3, -0.25) is 0 Å². The van der Waals surface area contributed by atoms with E-state index in [0.29, 0.717) is 23.9 Å². The molecule has 0 fully saturated rings. The Morgan fingerprint density at radius 2 is 1.86 bits per heavy atom. The smallest absolute Gasteiger partial charge is 0.303 e. The Balaban J connectivity index is 2.19. The number of hydrogen-bond donors (Lipinski definition) is 2. The van der Waals surface area contributed by atoms with Crippen LogP contribution in [0.15, 0.2) is 29.6 Å². The van der Waals surface area contributed by atoms with E-state index in [1.165, 1.54) is 15.6 Å². The van der Waals surface area contributed by atoms with Gasteiger partial charge in [0.25, 0.3) is 0 Å². The Labute approximate surface area is 128 Å². The average Bonchev–Trinajstić information content (AvgIpc) is 2.88. The van der Waals surface area contributed by atoms with Crippen LogP contribution in [0.5, 0.6) is 0 Å². The van der Waals surface area contributed by atoms with Crippen molar-refractivity contribution in [1.82, 2.24) is 9.29 Å². The predicted octanol–water partition coefficient (Wildman–Crippen LogP) is 2.39. The zero-order chi connectivity index (χ0) is 15.5. The summed E-state index contributed by atoms with van der Waals surface area (Å²) in [5.41, 5.74) is 7.94. The molecule has 8 heteroatoms. The molecule has 0 saturated carbocycles. The van der Waals surface area contributed by atoms with Crippen LogP contribution in [0.25, 0.3) is 11.3 Å². The maximum Gasteiger partial charge on any atom is 0.303 e. The minimum atomic E-state index is -3.54. The van der Waals surface area contributed by atoms with Crippen LogP contribution in [0.3, 0.4) is 0 Å². The molecule has 0 spiro atoms. The van der Waals surface area contributed by atoms with Crippen molar-refractivity contribution in [3.8, 4) is 11.3 Å². The number of benzene rings is 1. The van der Waals surface area contributed by atoms with E-state index in [-0.39, 0.29) is 0 Å². The summed E-state index contributed by atoms with van der Waals surface area (Å²) in [7, 11) is -3.54. The van der Waals surface area contributed by atoms with Crippen LogP contribution in [-0.4, -0.2) is 30.8 Å². The van der Waals surface area contributed by atoms with E-state index in [1.54, 1.807) is 26.0 Å². The van der Waals surface area contributed by atoms with Crippen molar-refractivity contribution in [2.75, 3.05) is 23.5 Å². The van der Waals surface area contributed by atoms with Gasteiger partial charge in [-0.1, -0.05) is 26.0 Å². The number of anilines is 2. The van der Waals surface area contributed by atoms with Gasteiger partial charge in [0, 0.05) is 29.7 Å². The van der Waals surface area contributed by atoms with Gasteiger partial charge in [-0.05, 0) is 12.1 Å². The van der Waals surface area contributed by atoms with Gasteiger partial charge in [0.2, 0.25) is 0 Å². The Morgan fingerprint density at radius 1 is 1.24 bits per heavy atom. The molecule has 0 bridgehead atoms. The van der Waals surface area contributed by atoms with Crippen LogP contribution in [0.2, 0.25) is 0 Å². The number of hydrogen-bond acceptors (Lipinski definition) is 5. The second-order valence-electron chi connectivity index (χ2n) is 4.35. The monoisotopic (exact) mass is 326 g/mol. The summed E-state index contributed by atoms with van der Waals surface area (Å²) in [5, 5.41) is 2.17. The summed E-state index contributed by atoms with van der Waals surface area (Å²) in [6.45, 7) is 4.43. The molecule has 0 radical (unpaired) electrons. The number of nitrogens with two attached hydrogens (primary N) is 1. The SMILES string of the molecule is CCN(CC)S(=O)(=O)Nc1nc(-c2ccc(N)cc2)cs1. The van der Waals surface area contributed by atoms with Crippen molar-refractivity contribution in [3.05, 3.63) is 29.6 Å². The topological polar surface area (TPSA) is 88.3 Å². The zero-order valence-electron chi connectivity index (χ0n) is 11.9. The number of nitrogen functional groups attached to an aromatic ring is 1. The lowest BCUT2D eigenvalue weighted by molar-refractivity contribution is 0.449. The summed E-state index contributed by atoms with van der Waals surface area (Å²) in [6, 6.07) is 7.28. The Hall–Kier alpha value is -1.64. The lowest BCUT2D eigenvalue weighted by Gasteiger charge is -2.17. The van der Waals surface area contributed by atoms with Gasteiger partial charge < -0.3 is 5.73 Å². The second-order valence-corrected chi connectivity index (χ2v) is 6.88. The van der Waals surface area contributed by atoms with Crippen molar-refractivity contribution < 1.29 is 8.42 Å². The predicted molar refractivity (Wildman–Crippen MR) is 87.4 cm³/mol. The van der Waals surface area contributed by atoms with Gasteiger partial charge in [0.1, 0.15) is 0 Å². The lowest BCUT2D eigenvalue weighted by atomic mass is 10.2. The Kier molecular flexibility index (Phi) is 4.81. The first-order chi connectivity index (χ1) is 9.96. The highest BCUT2D eigenvalue weighted by molar-refractivity contribution is 7.90. The van der Waals surface area contributed by atoms with Crippen molar-refractivity contribution in [2.24, 2.45) is 0 Å². The van der Waals surface area contributed by atoms with Crippen LogP contribution in [0.4, 0.5) is 10.8 Å². The van der Waals surface area contributed by atoms with E-state index < -0.39 is 10.2 Å². The van der Waals surface area contributed by atoms with Crippen molar-refractivity contribution in [2.45, 2.75) is 13.8 Å². The first-order valence-electron chi connectivity index (χ1n) is 6.55. The summed E-state index contributed by atoms with van der Waals surface area (Å²) in [5.74, 6) is 0.